The summed E-state index contributed by atoms with van der Waals surface area (Å²) in [5.41, 5.74) is 17.5. The Bertz CT molecular complexity index is 837. The molecule has 0 aromatic heterocycles. The van der Waals surface area contributed by atoms with Crippen LogP contribution in [0.25, 0.3) is 0 Å². The van der Waals surface area contributed by atoms with Gasteiger partial charge in [0.1, 0.15) is 5.69 Å². The van der Waals surface area contributed by atoms with Crippen LogP contribution in [0, 0.1) is 10.1 Å². The number of hydrogen-bond donors (Lipinski definition) is 5. The number of nitrogens with one attached hydrogen (secondary N) is 2. The summed E-state index contributed by atoms with van der Waals surface area (Å²) in [4.78, 5) is 32.2. The second-order valence-corrected chi connectivity index (χ2v) is 4.96. The number of carbonyl (C=O) groups excluding carboxylic acids is 2. The molecule has 0 bridgehead atoms. The first-order valence-corrected chi connectivity index (χ1v) is 7.35. The van der Waals surface area contributed by atoms with Crippen LogP contribution in [0.1, 0.15) is 20.7 Å². The number of nitro groups is 1. The van der Waals surface area contributed by atoms with Crippen LogP contribution < -0.4 is 27.8 Å². The number of anilines is 3. The molecule has 0 aliphatic rings. The van der Waals surface area contributed by atoms with Gasteiger partial charge in [-0.05, 0) is 18.2 Å². The van der Waals surface area contributed by atoms with Gasteiger partial charge in [0, 0.05) is 20.2 Å². The van der Waals surface area contributed by atoms with Crippen LogP contribution >= 0.6 is 0 Å². The van der Waals surface area contributed by atoms with E-state index in [0.29, 0.717) is 16.9 Å². The highest BCUT2D eigenvalue weighted by Crippen LogP contribution is 2.24. The predicted molar refractivity (Wildman–Crippen MR) is 99.6 cm³/mol. The van der Waals surface area contributed by atoms with Crippen LogP contribution in [0.3, 0.4) is 0 Å². The monoisotopic (exact) mass is 360 g/mol. The molecule has 2 aromatic rings. The van der Waals surface area contributed by atoms with E-state index in [1.807, 2.05) is 0 Å². The van der Waals surface area contributed by atoms with Crippen molar-refractivity contribution in [3.63, 3.8) is 0 Å². The molecule has 0 spiro atoms. The molecule has 2 rings (SSSR count). The molecule has 0 fully saturated rings. The van der Waals surface area contributed by atoms with Crippen LogP contribution in [0.15, 0.2) is 36.4 Å². The Morgan fingerprint density at radius 1 is 0.885 bits per heavy atom. The summed E-state index contributed by atoms with van der Waals surface area (Å²) in [5.74, 6) is -0.661. The Morgan fingerprint density at radius 2 is 1.35 bits per heavy atom. The third-order valence-corrected chi connectivity index (χ3v) is 3.36. The zero-order valence-corrected chi connectivity index (χ0v) is 14.3. The molecule has 8 N–H and O–H groups in total. The van der Waals surface area contributed by atoms with Gasteiger partial charge >= 0.3 is 0 Å². The van der Waals surface area contributed by atoms with Crippen molar-refractivity contribution in [2.45, 2.75) is 0 Å². The first-order valence-electron chi connectivity index (χ1n) is 7.35. The van der Waals surface area contributed by atoms with Crippen molar-refractivity contribution in [2.24, 2.45) is 0 Å². The maximum atomic E-state index is 11.2. The minimum absolute atomic E-state index is 0.113. The van der Waals surface area contributed by atoms with Crippen molar-refractivity contribution in [3.05, 3.63) is 57.6 Å². The second kappa shape index (κ2) is 8.87. The molecule has 0 saturated heterocycles. The van der Waals surface area contributed by atoms with Gasteiger partial charge in [-0.1, -0.05) is 12.1 Å². The first kappa shape index (κ1) is 20.2. The molecule has 0 unspecified atom stereocenters. The second-order valence-electron chi connectivity index (χ2n) is 4.96. The average molecular weight is 360 g/mol. The van der Waals surface area contributed by atoms with E-state index < -0.39 is 10.8 Å². The van der Waals surface area contributed by atoms with Crippen LogP contribution in [0.2, 0.25) is 0 Å². The van der Waals surface area contributed by atoms with E-state index in [-0.39, 0.29) is 22.8 Å². The molecule has 2 amide bonds. The van der Waals surface area contributed by atoms with Crippen LogP contribution in [-0.2, 0) is 0 Å². The molecule has 0 aliphatic carbocycles. The van der Waals surface area contributed by atoms with Gasteiger partial charge in [-0.3, -0.25) is 19.7 Å². The lowest BCUT2D eigenvalue weighted by atomic mass is 10.1. The van der Waals surface area contributed by atoms with E-state index in [1.54, 1.807) is 25.2 Å². The van der Waals surface area contributed by atoms with Gasteiger partial charge in [0.25, 0.3) is 17.5 Å². The van der Waals surface area contributed by atoms with Crippen molar-refractivity contribution < 1.29 is 14.5 Å². The fourth-order valence-electron chi connectivity index (χ4n) is 1.96. The lowest BCUT2D eigenvalue weighted by molar-refractivity contribution is -0.383. The molecular weight excluding hydrogens is 340 g/mol. The van der Waals surface area contributed by atoms with Crippen molar-refractivity contribution in [2.75, 3.05) is 31.3 Å². The smallest absolute Gasteiger partial charge is 0.292 e. The van der Waals surface area contributed by atoms with E-state index in [4.69, 9.17) is 17.2 Å². The highest BCUT2D eigenvalue weighted by molar-refractivity contribution is 6.01. The molecular formula is C16H20N6O4. The van der Waals surface area contributed by atoms with E-state index in [2.05, 4.69) is 10.6 Å². The molecule has 26 heavy (non-hydrogen) atoms. The molecule has 0 saturated carbocycles. The maximum absolute atomic E-state index is 11.2. The quantitative estimate of drug-likeness (QED) is 0.304. The maximum Gasteiger partial charge on any atom is 0.292 e. The predicted octanol–water partition coefficient (Wildman–Crippen LogP) is 0.747. The highest BCUT2D eigenvalue weighted by atomic mass is 16.6. The Hall–Kier alpha value is -3.82. The van der Waals surface area contributed by atoms with Gasteiger partial charge in [0.15, 0.2) is 0 Å². The normalized spacial score (nSPS) is 9.46. The van der Waals surface area contributed by atoms with Gasteiger partial charge in [0.2, 0.25) is 0 Å². The SMILES string of the molecule is CNC(=O)c1cccc(N)c1N.CNC(=O)c1cccc([N+](=O)[O-])c1N. The first-order chi connectivity index (χ1) is 12.2. The molecule has 0 heterocycles. The van der Waals surface area contributed by atoms with Crippen LogP contribution in [-0.4, -0.2) is 30.8 Å². The largest absolute Gasteiger partial charge is 0.397 e. The Morgan fingerprint density at radius 3 is 1.81 bits per heavy atom. The number of benzene rings is 2. The van der Waals surface area contributed by atoms with E-state index in [9.17, 15) is 19.7 Å². The molecule has 138 valence electrons. The minimum atomic E-state index is -0.623. The van der Waals surface area contributed by atoms with E-state index in [0.717, 1.165) is 0 Å². The lowest BCUT2D eigenvalue weighted by Gasteiger charge is -2.05. The molecule has 10 heteroatoms. The molecule has 0 aliphatic heterocycles. The number of nitro benzene ring substituents is 1. The summed E-state index contributed by atoms with van der Waals surface area (Å²) in [7, 11) is 2.98. The van der Waals surface area contributed by atoms with Gasteiger partial charge in [0.05, 0.1) is 27.4 Å². The highest BCUT2D eigenvalue weighted by Gasteiger charge is 2.17. The minimum Gasteiger partial charge on any atom is -0.397 e. The lowest BCUT2D eigenvalue weighted by Crippen LogP contribution is -2.19. The third kappa shape index (κ3) is 4.60. The summed E-state index contributed by atoms with van der Waals surface area (Å²) in [6, 6.07) is 9.07. The Kier molecular flexibility index (Phi) is 6.90. The number of carbonyl (C=O) groups is 2. The number of rotatable bonds is 3. The van der Waals surface area contributed by atoms with Gasteiger partial charge in [-0.25, -0.2) is 0 Å². The van der Waals surface area contributed by atoms with Crippen molar-refractivity contribution in [1.82, 2.24) is 10.6 Å². The van der Waals surface area contributed by atoms with Gasteiger partial charge in [-0.15, -0.1) is 0 Å². The van der Waals surface area contributed by atoms with E-state index in [1.165, 1.54) is 25.2 Å². The zero-order chi connectivity index (χ0) is 19.9. The summed E-state index contributed by atoms with van der Waals surface area (Å²) >= 11 is 0. The summed E-state index contributed by atoms with van der Waals surface area (Å²) < 4.78 is 0. The zero-order valence-electron chi connectivity index (χ0n) is 14.3. The third-order valence-electron chi connectivity index (χ3n) is 3.36. The summed E-state index contributed by atoms with van der Waals surface area (Å²) in [6.07, 6.45) is 0. The standard InChI is InChI=1S/C8H9N3O3.C8H11N3O/c1-10-8(12)5-3-2-4-6(7(5)9)11(13)14;1-11-8(12)5-3-2-4-6(9)7(5)10/h2-4H,9H2,1H3,(H,10,12);2-4H,9-10H2,1H3,(H,11,12). The summed E-state index contributed by atoms with van der Waals surface area (Å²) in [5, 5.41) is 15.3. The van der Waals surface area contributed by atoms with Crippen molar-refractivity contribution >= 4 is 34.6 Å². The Labute approximate surface area is 149 Å². The molecule has 10 nitrogen and oxygen atoms in total. The molecule has 0 atom stereocenters. The number of nitrogens with two attached hydrogens (primary N) is 3. The number of amides is 2. The average Bonchev–Trinajstić information content (AvgIpc) is 2.63. The van der Waals surface area contributed by atoms with Crippen molar-refractivity contribution in [3.8, 4) is 0 Å². The number of nitrogens with zero attached hydrogens (tertiary/aromatic N) is 1. The molecule has 2 aromatic carbocycles. The fourth-order valence-corrected chi connectivity index (χ4v) is 1.96. The van der Waals surface area contributed by atoms with Gasteiger partial charge < -0.3 is 27.8 Å². The topological polar surface area (TPSA) is 179 Å². The van der Waals surface area contributed by atoms with Gasteiger partial charge in [-0.2, -0.15) is 0 Å². The Balaban J connectivity index is 0.000000263. The summed E-state index contributed by atoms with van der Waals surface area (Å²) in [6.45, 7) is 0. The number of hydrogen-bond acceptors (Lipinski definition) is 7. The van der Waals surface area contributed by atoms with Crippen LogP contribution in [0.4, 0.5) is 22.7 Å². The number of nitrogen functional groups attached to an aromatic ring is 3. The van der Waals surface area contributed by atoms with Crippen LogP contribution in [0.5, 0.6) is 0 Å². The number of para-hydroxylation sites is 2. The van der Waals surface area contributed by atoms with E-state index >= 15 is 0 Å². The molecule has 0 radical (unpaired) electrons. The van der Waals surface area contributed by atoms with Crippen molar-refractivity contribution in [1.29, 1.82) is 0 Å². The fraction of sp³-hybridized carbons (Fsp3) is 0.125.